The van der Waals surface area contributed by atoms with Crippen molar-refractivity contribution in [3.8, 4) is 22.8 Å². The molecule has 0 amide bonds. The van der Waals surface area contributed by atoms with Crippen LogP contribution in [0.3, 0.4) is 0 Å². The molecule has 1 aromatic heterocycles. The summed E-state index contributed by atoms with van der Waals surface area (Å²) in [5, 5.41) is 4.65. The lowest BCUT2D eigenvalue weighted by Crippen LogP contribution is -2.07. The van der Waals surface area contributed by atoms with Crippen LogP contribution in [0.15, 0.2) is 24.4 Å². The summed E-state index contributed by atoms with van der Waals surface area (Å²) in [6.45, 7) is 4.31. The number of aromatic nitrogens is 2. The summed E-state index contributed by atoms with van der Waals surface area (Å²) in [5.41, 5.74) is 8.51. The fourth-order valence-corrected chi connectivity index (χ4v) is 2.46. The Kier molecular flexibility index (Phi) is 4.73. The first-order valence-electron chi connectivity index (χ1n) is 7.21. The Hall–Kier alpha value is -2.17. The lowest BCUT2D eigenvalue weighted by atomic mass is 10.1. The molecule has 5 nitrogen and oxygen atoms in total. The number of ether oxygens (including phenoxy) is 2. The number of hydrogen-bond donors (Lipinski definition) is 1. The summed E-state index contributed by atoms with van der Waals surface area (Å²) >= 11 is 0. The molecule has 2 aromatic rings. The van der Waals surface area contributed by atoms with Gasteiger partial charge in [0, 0.05) is 11.8 Å². The summed E-state index contributed by atoms with van der Waals surface area (Å²) in [6, 6.07) is 6.08. The van der Waals surface area contributed by atoms with Gasteiger partial charge in [0.15, 0.2) is 11.5 Å². The van der Waals surface area contributed by atoms with Gasteiger partial charge in [-0.1, -0.05) is 13.8 Å². The molecular weight excluding hydrogens is 266 g/mol. The molecule has 5 heteroatoms. The van der Waals surface area contributed by atoms with E-state index in [9.17, 15) is 0 Å². The van der Waals surface area contributed by atoms with Crippen LogP contribution >= 0.6 is 0 Å². The zero-order valence-electron chi connectivity index (χ0n) is 13.1. The Morgan fingerprint density at radius 3 is 2.38 bits per heavy atom. The van der Waals surface area contributed by atoms with Crippen LogP contribution < -0.4 is 15.2 Å². The van der Waals surface area contributed by atoms with Gasteiger partial charge >= 0.3 is 0 Å². The van der Waals surface area contributed by atoms with Crippen molar-refractivity contribution in [2.24, 2.45) is 0 Å². The summed E-state index contributed by atoms with van der Waals surface area (Å²) in [4.78, 5) is 0. The van der Waals surface area contributed by atoms with Gasteiger partial charge < -0.3 is 15.2 Å². The van der Waals surface area contributed by atoms with E-state index in [0.717, 1.165) is 24.1 Å². The second kappa shape index (κ2) is 6.52. The highest BCUT2D eigenvalue weighted by atomic mass is 16.5. The molecule has 0 bridgehead atoms. The second-order valence-corrected chi connectivity index (χ2v) is 4.95. The zero-order chi connectivity index (χ0) is 15.4. The van der Waals surface area contributed by atoms with E-state index in [-0.39, 0.29) is 0 Å². The summed E-state index contributed by atoms with van der Waals surface area (Å²) in [7, 11) is 3.24. The number of benzene rings is 1. The van der Waals surface area contributed by atoms with Crippen molar-refractivity contribution < 1.29 is 9.47 Å². The van der Waals surface area contributed by atoms with E-state index < -0.39 is 0 Å². The van der Waals surface area contributed by atoms with Gasteiger partial charge in [0.2, 0.25) is 0 Å². The van der Waals surface area contributed by atoms with Gasteiger partial charge in [0.1, 0.15) is 5.69 Å². The smallest absolute Gasteiger partial charge is 0.161 e. The fourth-order valence-electron chi connectivity index (χ4n) is 2.46. The van der Waals surface area contributed by atoms with Gasteiger partial charge in [-0.25, -0.2) is 0 Å². The normalized spacial score (nSPS) is 10.9. The third-order valence-corrected chi connectivity index (χ3v) is 3.73. The zero-order valence-corrected chi connectivity index (χ0v) is 13.1. The third kappa shape index (κ3) is 2.96. The Labute approximate surface area is 125 Å². The number of nitrogens with two attached hydrogens (primary N) is 1. The first kappa shape index (κ1) is 15.2. The van der Waals surface area contributed by atoms with E-state index in [1.807, 2.05) is 29.1 Å². The van der Waals surface area contributed by atoms with E-state index in [1.165, 1.54) is 0 Å². The first-order chi connectivity index (χ1) is 10.1. The van der Waals surface area contributed by atoms with E-state index in [1.54, 1.807) is 14.2 Å². The molecule has 0 fully saturated rings. The highest BCUT2D eigenvalue weighted by molar-refractivity contribution is 5.74. The Bertz CT molecular complexity index is 604. The van der Waals surface area contributed by atoms with Gasteiger partial charge in [-0.3, -0.25) is 4.68 Å². The monoisotopic (exact) mass is 289 g/mol. The molecule has 0 radical (unpaired) electrons. The largest absolute Gasteiger partial charge is 0.493 e. The average molecular weight is 289 g/mol. The molecule has 0 aliphatic rings. The minimum atomic E-state index is 0.376. The maximum Gasteiger partial charge on any atom is 0.161 e. The van der Waals surface area contributed by atoms with E-state index in [0.29, 0.717) is 23.2 Å². The molecule has 0 saturated carbocycles. The van der Waals surface area contributed by atoms with Crippen LogP contribution in [-0.4, -0.2) is 24.0 Å². The van der Waals surface area contributed by atoms with Gasteiger partial charge in [0.25, 0.3) is 0 Å². The van der Waals surface area contributed by atoms with E-state index >= 15 is 0 Å². The van der Waals surface area contributed by atoms with Crippen LogP contribution in [0.1, 0.15) is 32.7 Å². The number of nitrogens with zero attached hydrogens (tertiary/aromatic N) is 2. The van der Waals surface area contributed by atoms with Crippen molar-refractivity contribution in [2.45, 2.75) is 32.7 Å². The average Bonchev–Trinajstić information content (AvgIpc) is 2.89. The van der Waals surface area contributed by atoms with Crippen LogP contribution in [0.5, 0.6) is 11.5 Å². The molecule has 1 aromatic carbocycles. The van der Waals surface area contributed by atoms with Crippen molar-refractivity contribution in [1.82, 2.24) is 9.78 Å². The van der Waals surface area contributed by atoms with Crippen LogP contribution in [0.4, 0.5) is 5.69 Å². The highest BCUT2D eigenvalue weighted by Gasteiger charge is 2.15. The molecule has 21 heavy (non-hydrogen) atoms. The molecule has 0 saturated heterocycles. The van der Waals surface area contributed by atoms with Crippen LogP contribution in [0, 0.1) is 0 Å². The molecule has 0 spiro atoms. The number of nitrogen functional groups attached to an aromatic ring is 1. The quantitative estimate of drug-likeness (QED) is 0.884. The Morgan fingerprint density at radius 1 is 1.14 bits per heavy atom. The van der Waals surface area contributed by atoms with E-state index in [2.05, 4.69) is 18.9 Å². The van der Waals surface area contributed by atoms with Gasteiger partial charge in [-0.05, 0) is 31.0 Å². The Morgan fingerprint density at radius 2 is 1.81 bits per heavy atom. The van der Waals surface area contributed by atoms with Crippen molar-refractivity contribution in [3.63, 3.8) is 0 Å². The molecule has 0 aliphatic heterocycles. The minimum absolute atomic E-state index is 0.376. The topological polar surface area (TPSA) is 62.3 Å². The minimum Gasteiger partial charge on any atom is -0.493 e. The molecule has 2 rings (SSSR count). The van der Waals surface area contributed by atoms with Crippen molar-refractivity contribution in [2.75, 3.05) is 20.0 Å². The lowest BCUT2D eigenvalue weighted by molar-refractivity contribution is 0.355. The summed E-state index contributed by atoms with van der Waals surface area (Å²) in [6.07, 6.45) is 3.97. The summed E-state index contributed by atoms with van der Waals surface area (Å²) < 4.78 is 12.5. The maximum atomic E-state index is 6.13. The molecule has 0 unspecified atom stereocenters. The van der Waals surface area contributed by atoms with Crippen molar-refractivity contribution in [3.05, 3.63) is 24.4 Å². The maximum absolute atomic E-state index is 6.13. The van der Waals surface area contributed by atoms with Crippen molar-refractivity contribution >= 4 is 5.69 Å². The van der Waals surface area contributed by atoms with Crippen LogP contribution in [0.2, 0.25) is 0 Å². The number of methoxy groups -OCH3 is 2. The molecule has 114 valence electrons. The molecular formula is C16H23N3O2. The molecule has 1 heterocycles. The SMILES string of the molecule is CCC(CC)n1cc(N)c(-c2ccc(OC)c(OC)c2)n1. The fraction of sp³-hybridized carbons (Fsp3) is 0.438. The second-order valence-electron chi connectivity index (χ2n) is 4.95. The highest BCUT2D eigenvalue weighted by Crippen LogP contribution is 2.34. The Balaban J connectivity index is 2.42. The predicted molar refractivity (Wildman–Crippen MR) is 84.8 cm³/mol. The van der Waals surface area contributed by atoms with E-state index in [4.69, 9.17) is 15.2 Å². The van der Waals surface area contributed by atoms with Gasteiger partial charge in [0.05, 0.1) is 25.9 Å². The predicted octanol–water partition coefficient (Wildman–Crippen LogP) is 3.51. The molecule has 0 aliphatic carbocycles. The van der Waals surface area contributed by atoms with Crippen LogP contribution in [0.25, 0.3) is 11.3 Å². The standard InChI is InChI=1S/C16H23N3O2/c1-5-12(6-2)19-10-13(17)16(18-19)11-7-8-14(20-3)15(9-11)21-4/h7-10,12H,5-6,17H2,1-4H3. The number of hydrogen-bond acceptors (Lipinski definition) is 4. The number of rotatable bonds is 6. The van der Waals surface area contributed by atoms with Crippen molar-refractivity contribution in [1.29, 1.82) is 0 Å². The summed E-state index contributed by atoms with van der Waals surface area (Å²) in [5.74, 6) is 1.37. The first-order valence-corrected chi connectivity index (χ1v) is 7.21. The lowest BCUT2D eigenvalue weighted by Gasteiger charge is -2.12. The molecule has 2 N–H and O–H groups in total. The van der Waals surface area contributed by atoms with Gasteiger partial charge in [-0.15, -0.1) is 0 Å². The van der Waals surface area contributed by atoms with Crippen LogP contribution in [-0.2, 0) is 0 Å². The van der Waals surface area contributed by atoms with Gasteiger partial charge in [-0.2, -0.15) is 5.10 Å². The molecule has 0 atom stereocenters. The third-order valence-electron chi connectivity index (χ3n) is 3.73. The number of anilines is 1.